The average molecular weight is 346 g/mol. The molecule has 0 bridgehead atoms. The van der Waals surface area contributed by atoms with Gasteiger partial charge in [0.15, 0.2) is 6.61 Å². The molecule has 23 heavy (non-hydrogen) atoms. The number of ether oxygens (including phenoxy) is 2. The van der Waals surface area contributed by atoms with Gasteiger partial charge in [0.25, 0.3) is 5.91 Å². The fourth-order valence-electron chi connectivity index (χ4n) is 1.64. The van der Waals surface area contributed by atoms with Crippen molar-refractivity contribution in [3.8, 4) is 11.5 Å². The van der Waals surface area contributed by atoms with E-state index in [2.05, 4.69) is 10.1 Å². The summed E-state index contributed by atoms with van der Waals surface area (Å²) in [6.45, 7) is -0.287. The van der Waals surface area contributed by atoms with E-state index in [1.165, 1.54) is 12.1 Å². The molecule has 0 saturated carbocycles. The lowest BCUT2D eigenvalue weighted by Crippen LogP contribution is -2.20. The Hall–Kier alpha value is -2.41. The quantitative estimate of drug-likeness (QED) is 0.881. The van der Waals surface area contributed by atoms with E-state index in [1.54, 1.807) is 24.3 Å². The average Bonchev–Trinajstić information content (AvgIpc) is 2.47. The minimum absolute atomic E-state index is 0.287. The Morgan fingerprint density at radius 1 is 1.09 bits per heavy atom. The lowest BCUT2D eigenvalue weighted by Gasteiger charge is -2.10. The standard InChI is InChI=1S/C15H11ClF3NO3/c16-12-3-1-2-4-13(12)22-9-14(21)20-10-5-7-11(8-6-10)23-15(17,18)19/h1-8H,9H2,(H,20,21). The monoisotopic (exact) mass is 345 g/mol. The molecule has 0 atom stereocenters. The summed E-state index contributed by atoms with van der Waals surface area (Å²) in [6, 6.07) is 11.4. The SMILES string of the molecule is O=C(COc1ccccc1Cl)Nc1ccc(OC(F)(F)F)cc1. The predicted octanol–water partition coefficient (Wildman–Crippen LogP) is 4.26. The van der Waals surface area contributed by atoms with Crippen LogP contribution in [0.4, 0.5) is 18.9 Å². The van der Waals surface area contributed by atoms with Crippen LogP contribution >= 0.6 is 11.6 Å². The van der Waals surface area contributed by atoms with E-state index < -0.39 is 12.3 Å². The fraction of sp³-hybridized carbons (Fsp3) is 0.133. The minimum Gasteiger partial charge on any atom is -0.482 e. The molecule has 122 valence electrons. The normalized spacial score (nSPS) is 11.0. The van der Waals surface area contributed by atoms with E-state index in [0.717, 1.165) is 12.1 Å². The first-order chi connectivity index (χ1) is 10.8. The van der Waals surface area contributed by atoms with E-state index in [9.17, 15) is 18.0 Å². The zero-order valence-electron chi connectivity index (χ0n) is 11.6. The number of halogens is 4. The molecule has 0 fully saturated rings. The van der Waals surface area contributed by atoms with Gasteiger partial charge in [-0.25, -0.2) is 0 Å². The van der Waals surface area contributed by atoms with Crippen molar-refractivity contribution in [2.24, 2.45) is 0 Å². The largest absolute Gasteiger partial charge is 0.573 e. The molecular formula is C15H11ClF3NO3. The molecule has 0 unspecified atom stereocenters. The van der Waals surface area contributed by atoms with Crippen molar-refractivity contribution in [3.05, 3.63) is 53.6 Å². The van der Waals surface area contributed by atoms with E-state index in [4.69, 9.17) is 16.3 Å². The smallest absolute Gasteiger partial charge is 0.482 e. The molecule has 0 aliphatic rings. The highest BCUT2D eigenvalue weighted by atomic mass is 35.5. The third-order valence-electron chi connectivity index (χ3n) is 2.57. The highest BCUT2D eigenvalue weighted by molar-refractivity contribution is 6.32. The van der Waals surface area contributed by atoms with E-state index in [-0.39, 0.29) is 12.4 Å². The number of rotatable bonds is 5. The summed E-state index contributed by atoms with van der Waals surface area (Å²) in [5.74, 6) is -0.490. The Labute approximate surface area is 134 Å². The van der Waals surface area contributed by atoms with Gasteiger partial charge in [0.05, 0.1) is 5.02 Å². The summed E-state index contributed by atoms with van der Waals surface area (Å²) >= 11 is 5.88. The van der Waals surface area contributed by atoms with Crippen LogP contribution in [-0.4, -0.2) is 18.9 Å². The van der Waals surface area contributed by atoms with Crippen LogP contribution in [0.5, 0.6) is 11.5 Å². The maximum Gasteiger partial charge on any atom is 0.573 e. The summed E-state index contributed by atoms with van der Waals surface area (Å²) in [5.41, 5.74) is 0.312. The van der Waals surface area contributed by atoms with Crippen LogP contribution in [0, 0.1) is 0 Å². The minimum atomic E-state index is -4.76. The number of amides is 1. The molecule has 1 N–H and O–H groups in total. The Bertz CT molecular complexity index is 674. The molecule has 0 radical (unpaired) electrons. The summed E-state index contributed by atoms with van der Waals surface area (Å²) in [7, 11) is 0. The van der Waals surface area contributed by atoms with E-state index >= 15 is 0 Å². The van der Waals surface area contributed by atoms with Crippen molar-refractivity contribution in [1.29, 1.82) is 0 Å². The van der Waals surface area contributed by atoms with Crippen molar-refractivity contribution < 1.29 is 27.4 Å². The molecule has 0 aliphatic heterocycles. The maximum atomic E-state index is 12.0. The number of para-hydroxylation sites is 1. The zero-order chi connectivity index (χ0) is 16.9. The van der Waals surface area contributed by atoms with Crippen LogP contribution in [0.1, 0.15) is 0 Å². The molecule has 1 amide bonds. The molecule has 2 rings (SSSR count). The lowest BCUT2D eigenvalue weighted by atomic mass is 10.3. The number of carbonyl (C=O) groups is 1. The van der Waals surface area contributed by atoms with Gasteiger partial charge < -0.3 is 14.8 Å². The van der Waals surface area contributed by atoms with Gasteiger partial charge in [-0.15, -0.1) is 13.2 Å². The summed E-state index contributed by atoms with van der Waals surface area (Å²) < 4.78 is 45.1. The topological polar surface area (TPSA) is 47.6 Å². The Balaban J connectivity index is 1.87. The van der Waals surface area contributed by atoms with Gasteiger partial charge >= 0.3 is 6.36 Å². The predicted molar refractivity (Wildman–Crippen MR) is 78.7 cm³/mol. The number of benzene rings is 2. The number of carbonyl (C=O) groups excluding carboxylic acids is 1. The maximum absolute atomic E-state index is 12.0. The summed E-state index contributed by atoms with van der Waals surface area (Å²) in [5, 5.41) is 2.85. The molecule has 0 spiro atoms. The Kier molecular flexibility index (Phi) is 5.33. The second-order valence-corrected chi connectivity index (χ2v) is 4.75. The fourth-order valence-corrected chi connectivity index (χ4v) is 1.83. The highest BCUT2D eigenvalue weighted by Crippen LogP contribution is 2.24. The summed E-state index contributed by atoms with van der Waals surface area (Å²) in [4.78, 5) is 11.7. The molecule has 4 nitrogen and oxygen atoms in total. The Morgan fingerprint density at radius 2 is 1.74 bits per heavy atom. The van der Waals surface area contributed by atoms with Crippen molar-refractivity contribution in [2.75, 3.05) is 11.9 Å². The van der Waals surface area contributed by atoms with Gasteiger partial charge in [-0.3, -0.25) is 4.79 Å². The number of anilines is 1. The molecular weight excluding hydrogens is 335 g/mol. The number of nitrogens with one attached hydrogen (secondary N) is 1. The van der Waals surface area contributed by atoms with Crippen molar-refractivity contribution in [2.45, 2.75) is 6.36 Å². The van der Waals surface area contributed by atoms with Crippen LogP contribution in [0.3, 0.4) is 0 Å². The first-order valence-corrected chi connectivity index (χ1v) is 6.74. The molecule has 0 heterocycles. The third-order valence-corrected chi connectivity index (χ3v) is 2.88. The Morgan fingerprint density at radius 3 is 2.35 bits per heavy atom. The number of alkyl halides is 3. The molecule has 0 saturated heterocycles. The van der Waals surface area contributed by atoms with Crippen LogP contribution in [0.15, 0.2) is 48.5 Å². The second kappa shape index (κ2) is 7.23. The van der Waals surface area contributed by atoms with Gasteiger partial charge in [0, 0.05) is 5.69 Å². The molecule has 2 aromatic rings. The van der Waals surface area contributed by atoms with E-state index in [0.29, 0.717) is 16.5 Å². The molecule has 8 heteroatoms. The van der Waals surface area contributed by atoms with Crippen molar-refractivity contribution in [3.63, 3.8) is 0 Å². The highest BCUT2D eigenvalue weighted by Gasteiger charge is 2.30. The van der Waals surface area contributed by atoms with Crippen LogP contribution in [0.25, 0.3) is 0 Å². The van der Waals surface area contributed by atoms with Gasteiger partial charge in [-0.1, -0.05) is 23.7 Å². The first-order valence-electron chi connectivity index (χ1n) is 6.36. The zero-order valence-corrected chi connectivity index (χ0v) is 12.3. The molecule has 0 aliphatic carbocycles. The van der Waals surface area contributed by atoms with Crippen LogP contribution in [-0.2, 0) is 4.79 Å². The number of hydrogen-bond acceptors (Lipinski definition) is 3. The van der Waals surface area contributed by atoms with Crippen molar-refractivity contribution >= 4 is 23.2 Å². The second-order valence-electron chi connectivity index (χ2n) is 4.34. The summed E-state index contributed by atoms with van der Waals surface area (Å²) in [6.07, 6.45) is -4.76. The molecule has 0 aromatic heterocycles. The molecule has 2 aromatic carbocycles. The third kappa shape index (κ3) is 5.71. The van der Waals surface area contributed by atoms with Gasteiger partial charge in [0.1, 0.15) is 11.5 Å². The van der Waals surface area contributed by atoms with Gasteiger partial charge in [0.2, 0.25) is 0 Å². The van der Waals surface area contributed by atoms with E-state index in [1.807, 2.05) is 0 Å². The number of hydrogen-bond donors (Lipinski definition) is 1. The lowest BCUT2D eigenvalue weighted by molar-refractivity contribution is -0.274. The van der Waals surface area contributed by atoms with Crippen molar-refractivity contribution in [1.82, 2.24) is 0 Å². The van der Waals surface area contributed by atoms with Gasteiger partial charge in [-0.2, -0.15) is 0 Å². The van der Waals surface area contributed by atoms with Gasteiger partial charge in [-0.05, 0) is 36.4 Å². The first kappa shape index (κ1) is 17.0. The van der Waals surface area contributed by atoms with Crippen LogP contribution < -0.4 is 14.8 Å². The van der Waals surface area contributed by atoms with Crippen LogP contribution in [0.2, 0.25) is 5.02 Å².